The first kappa shape index (κ1) is 30.4. The quantitative estimate of drug-likeness (QED) is 0.373. The van der Waals surface area contributed by atoms with Crippen LogP contribution in [0.2, 0.25) is 0 Å². The van der Waals surface area contributed by atoms with Crippen molar-refractivity contribution in [2.24, 2.45) is 23.7 Å². The van der Waals surface area contributed by atoms with Crippen LogP contribution in [-0.4, -0.2) is 45.3 Å². The maximum absolute atomic E-state index is 13.0. The summed E-state index contributed by atoms with van der Waals surface area (Å²) in [6.07, 6.45) is 5.79. The molecule has 0 saturated carbocycles. The van der Waals surface area contributed by atoms with Gasteiger partial charge in [0.25, 0.3) is 0 Å². The summed E-state index contributed by atoms with van der Waals surface area (Å²) in [7, 11) is 0. The highest BCUT2D eigenvalue weighted by molar-refractivity contribution is 7.09. The third-order valence-corrected chi connectivity index (χ3v) is 8.25. The second kappa shape index (κ2) is 14.2. The number of thiazole rings is 1. The number of esters is 1. The molecule has 2 rings (SSSR count). The third kappa shape index (κ3) is 9.24. The summed E-state index contributed by atoms with van der Waals surface area (Å²) in [5.74, 6) is -1.75. The number of ether oxygens (including phenoxy) is 1. The first-order valence-electron chi connectivity index (χ1n) is 13.2. The van der Waals surface area contributed by atoms with Crippen molar-refractivity contribution >= 4 is 29.2 Å². The molecule has 0 fully saturated rings. The average molecular weight is 520 g/mol. The van der Waals surface area contributed by atoms with Gasteiger partial charge in [-0.3, -0.25) is 9.59 Å². The normalized spacial score (nSPS) is 32.9. The Bertz CT molecular complexity index is 936. The van der Waals surface area contributed by atoms with Gasteiger partial charge in [-0.25, -0.2) is 4.98 Å². The predicted molar refractivity (Wildman–Crippen MR) is 146 cm³/mol. The minimum Gasteiger partial charge on any atom is -0.457 e. The highest BCUT2D eigenvalue weighted by atomic mass is 32.1. The van der Waals surface area contributed by atoms with Crippen molar-refractivity contribution in [3.63, 3.8) is 0 Å². The molecule has 1 aromatic heterocycles. The molecule has 202 valence electrons. The van der Waals surface area contributed by atoms with E-state index in [4.69, 9.17) is 4.74 Å². The standard InChI is InChI=1S/C29H45NO5S/c1-17-9-8-10-18(2)13-20(4)28(33)22(6)29(34)21(5)25(31)15-27(32)35-26(12-11-17)19(3)14-24-16-36-23(7)30-24/h11,14,16,18,20-22,25-26,28,31,33H,8-10,12-13,15H2,1-7H3/b17-11?,19-14+/t18?,20-,21?,22+,25-,26-,28-/m0/s1. The molecule has 0 amide bonds. The highest BCUT2D eigenvalue weighted by Gasteiger charge is 2.34. The molecule has 1 aromatic rings. The number of rotatable bonds is 2. The van der Waals surface area contributed by atoms with Crippen LogP contribution in [0.4, 0.5) is 0 Å². The van der Waals surface area contributed by atoms with Gasteiger partial charge in [-0.05, 0) is 63.5 Å². The molecule has 0 bridgehead atoms. The van der Waals surface area contributed by atoms with Crippen molar-refractivity contribution < 1.29 is 24.5 Å². The van der Waals surface area contributed by atoms with E-state index in [9.17, 15) is 19.8 Å². The van der Waals surface area contributed by atoms with Crippen molar-refractivity contribution in [1.82, 2.24) is 4.98 Å². The molecular weight excluding hydrogens is 474 g/mol. The number of ketones is 1. The first-order valence-corrected chi connectivity index (χ1v) is 14.1. The Kier molecular flexibility index (Phi) is 12.0. The zero-order valence-corrected chi connectivity index (χ0v) is 23.8. The predicted octanol–water partition coefficient (Wildman–Crippen LogP) is 5.90. The van der Waals surface area contributed by atoms with Gasteiger partial charge in [-0.1, -0.05) is 45.8 Å². The number of carbonyl (C=O) groups is 2. The Hall–Kier alpha value is -1.83. The first-order chi connectivity index (χ1) is 16.9. The number of aryl methyl sites for hydroxylation is 1. The monoisotopic (exact) mass is 519 g/mol. The topological polar surface area (TPSA) is 96.7 Å². The molecular formula is C29H45NO5S. The van der Waals surface area contributed by atoms with Gasteiger partial charge in [0, 0.05) is 23.6 Å². The molecule has 0 aromatic carbocycles. The number of hydrogen-bond acceptors (Lipinski definition) is 7. The lowest BCUT2D eigenvalue weighted by Crippen LogP contribution is -2.39. The number of cyclic esters (lactones) is 1. The van der Waals surface area contributed by atoms with E-state index in [1.807, 2.05) is 32.2 Å². The molecule has 0 radical (unpaired) electrons. The maximum atomic E-state index is 13.0. The fraction of sp³-hybridized carbons (Fsp3) is 0.690. The number of aliphatic hydroxyl groups is 2. The van der Waals surface area contributed by atoms with E-state index < -0.39 is 36.1 Å². The van der Waals surface area contributed by atoms with Gasteiger partial charge in [-0.2, -0.15) is 0 Å². The Morgan fingerprint density at radius 3 is 2.47 bits per heavy atom. The Labute approximate surface area is 220 Å². The number of Topliss-reactive ketones (excluding diaryl/α,β-unsaturated/α-hetero) is 1. The number of aromatic nitrogens is 1. The third-order valence-electron chi connectivity index (χ3n) is 7.46. The molecule has 2 N–H and O–H groups in total. The molecule has 0 saturated heterocycles. The zero-order chi connectivity index (χ0) is 27.0. The molecule has 6 nitrogen and oxygen atoms in total. The van der Waals surface area contributed by atoms with Crippen molar-refractivity contribution in [1.29, 1.82) is 0 Å². The van der Waals surface area contributed by atoms with E-state index in [-0.39, 0.29) is 18.1 Å². The van der Waals surface area contributed by atoms with E-state index in [0.29, 0.717) is 12.3 Å². The molecule has 1 aliphatic heterocycles. The summed E-state index contributed by atoms with van der Waals surface area (Å²) < 4.78 is 5.82. The summed E-state index contributed by atoms with van der Waals surface area (Å²) in [5, 5.41) is 24.5. The van der Waals surface area contributed by atoms with Crippen molar-refractivity contribution in [2.75, 3.05) is 0 Å². The maximum Gasteiger partial charge on any atom is 0.309 e. The molecule has 7 heteroatoms. The van der Waals surface area contributed by atoms with Crippen molar-refractivity contribution in [2.45, 2.75) is 105 Å². The fourth-order valence-corrected chi connectivity index (χ4v) is 5.52. The van der Waals surface area contributed by atoms with Gasteiger partial charge in [0.05, 0.1) is 29.3 Å². The van der Waals surface area contributed by atoms with Crippen LogP contribution in [0.1, 0.15) is 90.8 Å². The van der Waals surface area contributed by atoms with Crippen LogP contribution in [0.15, 0.2) is 22.6 Å². The Balaban J connectivity index is 2.28. The van der Waals surface area contributed by atoms with Crippen LogP contribution in [0.5, 0.6) is 0 Å². The van der Waals surface area contributed by atoms with E-state index >= 15 is 0 Å². The summed E-state index contributed by atoms with van der Waals surface area (Å²) in [5.41, 5.74) is 2.97. The van der Waals surface area contributed by atoms with Crippen LogP contribution < -0.4 is 0 Å². The van der Waals surface area contributed by atoms with Crippen molar-refractivity contribution in [3.8, 4) is 0 Å². The number of carbonyl (C=O) groups excluding carboxylic acids is 2. The molecule has 0 spiro atoms. The molecule has 2 heterocycles. The van der Waals surface area contributed by atoms with Crippen LogP contribution in [0, 0.1) is 30.6 Å². The average Bonchev–Trinajstić information content (AvgIpc) is 3.23. The van der Waals surface area contributed by atoms with E-state index in [1.54, 1.807) is 25.2 Å². The zero-order valence-electron chi connectivity index (χ0n) is 23.0. The van der Waals surface area contributed by atoms with Gasteiger partial charge in [0.15, 0.2) is 0 Å². The summed E-state index contributed by atoms with van der Waals surface area (Å²) in [4.78, 5) is 30.3. The van der Waals surface area contributed by atoms with Crippen LogP contribution in [0.25, 0.3) is 6.08 Å². The lowest BCUT2D eigenvalue weighted by Gasteiger charge is -2.29. The Morgan fingerprint density at radius 1 is 1.14 bits per heavy atom. The lowest BCUT2D eigenvalue weighted by molar-refractivity contribution is -0.151. The molecule has 7 atom stereocenters. The van der Waals surface area contributed by atoms with Crippen LogP contribution in [-0.2, 0) is 14.3 Å². The van der Waals surface area contributed by atoms with Gasteiger partial charge in [-0.15, -0.1) is 11.3 Å². The van der Waals surface area contributed by atoms with Crippen LogP contribution in [0.3, 0.4) is 0 Å². The number of aliphatic hydroxyl groups excluding tert-OH is 2. The number of nitrogens with zero attached hydrogens (tertiary/aromatic N) is 1. The van der Waals surface area contributed by atoms with Gasteiger partial charge >= 0.3 is 5.97 Å². The molecule has 36 heavy (non-hydrogen) atoms. The minimum atomic E-state index is -1.17. The van der Waals surface area contributed by atoms with Gasteiger partial charge in [0.2, 0.25) is 0 Å². The summed E-state index contributed by atoms with van der Waals surface area (Å²) in [6.45, 7) is 13.5. The molecule has 2 unspecified atom stereocenters. The van der Waals surface area contributed by atoms with Gasteiger partial charge in [0.1, 0.15) is 11.9 Å². The van der Waals surface area contributed by atoms with Crippen molar-refractivity contribution in [3.05, 3.63) is 33.3 Å². The fourth-order valence-electron chi connectivity index (χ4n) is 4.95. The highest BCUT2D eigenvalue weighted by Crippen LogP contribution is 2.28. The van der Waals surface area contributed by atoms with Gasteiger partial charge < -0.3 is 14.9 Å². The number of hydrogen-bond donors (Lipinski definition) is 2. The smallest absolute Gasteiger partial charge is 0.309 e. The second-order valence-corrected chi connectivity index (χ2v) is 12.0. The minimum absolute atomic E-state index is 0.0270. The van der Waals surface area contributed by atoms with E-state index in [0.717, 1.165) is 42.0 Å². The van der Waals surface area contributed by atoms with E-state index in [2.05, 4.69) is 24.9 Å². The largest absolute Gasteiger partial charge is 0.457 e. The number of allylic oxidation sites excluding steroid dienone is 1. The Morgan fingerprint density at radius 2 is 1.83 bits per heavy atom. The van der Waals surface area contributed by atoms with Crippen LogP contribution >= 0.6 is 11.3 Å². The van der Waals surface area contributed by atoms with E-state index in [1.165, 1.54) is 5.57 Å². The molecule has 0 aliphatic carbocycles. The SMILES string of the molecule is CC1=CC[C@@H](/C(C)=C/c2csc(C)n2)OC(=O)C[C@H](O)C(C)C(=O)[C@H](C)[C@@H](O)[C@@H](C)CC(C)CCC1. The summed E-state index contributed by atoms with van der Waals surface area (Å²) in [6, 6.07) is 0. The second-order valence-electron chi connectivity index (χ2n) is 10.9. The lowest BCUT2D eigenvalue weighted by atomic mass is 9.80. The summed E-state index contributed by atoms with van der Waals surface area (Å²) >= 11 is 1.57. The molecule has 1 aliphatic rings.